The highest BCUT2D eigenvalue weighted by Gasteiger charge is 2.39. The molecule has 7 heteroatoms. The Bertz CT molecular complexity index is 1280. The van der Waals surface area contributed by atoms with Gasteiger partial charge in [-0.3, -0.25) is 9.99 Å². The second-order valence-electron chi connectivity index (χ2n) is 11.9. The Morgan fingerprint density at radius 3 is 2.54 bits per heavy atom. The maximum Gasteiger partial charge on any atom is 0.154 e. The van der Waals surface area contributed by atoms with Crippen molar-refractivity contribution >= 4 is 22.9 Å². The van der Waals surface area contributed by atoms with Crippen molar-refractivity contribution in [3.05, 3.63) is 71.2 Å². The molecule has 7 nitrogen and oxygen atoms in total. The number of nitrogens with zero attached hydrogens (tertiary/aromatic N) is 5. The van der Waals surface area contributed by atoms with E-state index in [-0.39, 0.29) is 11.5 Å². The summed E-state index contributed by atoms with van der Waals surface area (Å²) in [6.07, 6.45) is 6.25. The number of nitrogens with one attached hydrogen (secondary N) is 1. The third-order valence-corrected chi connectivity index (χ3v) is 7.60. The van der Waals surface area contributed by atoms with Crippen molar-refractivity contribution in [2.75, 3.05) is 24.4 Å². The molecule has 3 aromatic rings. The maximum absolute atomic E-state index is 11.3. The minimum Gasteiger partial charge on any atom is -0.372 e. The fraction of sp³-hybridized carbons (Fsp3) is 0.467. The summed E-state index contributed by atoms with van der Waals surface area (Å²) >= 11 is 0. The predicted octanol–water partition coefficient (Wildman–Crippen LogP) is 5.70. The number of hydrogen-bond donors (Lipinski definition) is 2. The van der Waals surface area contributed by atoms with Crippen LogP contribution >= 0.6 is 0 Å². The molecule has 196 valence electrons. The van der Waals surface area contributed by atoms with E-state index in [2.05, 4.69) is 98.2 Å². The summed E-state index contributed by atoms with van der Waals surface area (Å²) in [5, 5.41) is 18.9. The Hall–Kier alpha value is -3.00. The van der Waals surface area contributed by atoms with Crippen LogP contribution in [0.15, 0.2) is 48.8 Å². The molecule has 1 aliphatic carbocycles. The highest BCUT2D eigenvalue weighted by atomic mass is 16.3. The third-order valence-electron chi connectivity index (χ3n) is 7.60. The molecule has 0 spiro atoms. The van der Waals surface area contributed by atoms with Crippen LogP contribution < -0.4 is 10.3 Å². The van der Waals surface area contributed by atoms with Crippen LogP contribution in [-0.4, -0.2) is 51.2 Å². The molecule has 2 unspecified atom stereocenters. The minimum atomic E-state index is -0.767. The van der Waals surface area contributed by atoms with E-state index in [1.807, 2.05) is 23.3 Å². The maximum atomic E-state index is 11.3. The van der Waals surface area contributed by atoms with Gasteiger partial charge in [-0.1, -0.05) is 26.8 Å². The molecule has 0 bridgehead atoms. The first-order valence-corrected chi connectivity index (χ1v) is 13.3. The number of aryl methyl sites for hydroxylation is 1. The highest BCUT2D eigenvalue weighted by molar-refractivity contribution is 5.73. The van der Waals surface area contributed by atoms with Gasteiger partial charge >= 0.3 is 0 Å². The topological polar surface area (TPSA) is 67.8 Å². The normalized spacial score (nSPS) is 19.9. The number of benzene rings is 1. The van der Waals surface area contributed by atoms with Gasteiger partial charge in [0, 0.05) is 52.9 Å². The molecule has 0 amide bonds. The zero-order valence-electron chi connectivity index (χ0n) is 23.2. The summed E-state index contributed by atoms with van der Waals surface area (Å²) in [6, 6.07) is 13.5. The Morgan fingerprint density at radius 2 is 1.84 bits per heavy atom. The molecule has 0 fully saturated rings. The molecule has 37 heavy (non-hydrogen) atoms. The van der Waals surface area contributed by atoms with E-state index in [4.69, 9.17) is 0 Å². The van der Waals surface area contributed by atoms with E-state index in [0.29, 0.717) is 6.04 Å². The van der Waals surface area contributed by atoms with Crippen LogP contribution in [0, 0.1) is 0 Å². The van der Waals surface area contributed by atoms with Crippen LogP contribution in [0.2, 0.25) is 0 Å². The Kier molecular flexibility index (Phi) is 6.73. The number of pyridine rings is 2. The first-order valence-electron chi connectivity index (χ1n) is 13.3. The Balaban J connectivity index is 1.47. The minimum absolute atomic E-state index is 0.0796. The number of anilines is 4. The Labute approximate surface area is 221 Å². The number of aliphatic hydroxyl groups excluding tert-OH is 1. The van der Waals surface area contributed by atoms with E-state index in [1.165, 1.54) is 17.5 Å². The summed E-state index contributed by atoms with van der Waals surface area (Å²) < 4.78 is 0. The van der Waals surface area contributed by atoms with Gasteiger partial charge in [0.25, 0.3) is 0 Å². The van der Waals surface area contributed by atoms with E-state index in [1.54, 1.807) is 6.20 Å². The van der Waals surface area contributed by atoms with Gasteiger partial charge in [0.1, 0.15) is 5.82 Å². The van der Waals surface area contributed by atoms with Crippen molar-refractivity contribution in [2.45, 2.75) is 77.6 Å². The molecular formula is C30H40N6O. The van der Waals surface area contributed by atoms with Gasteiger partial charge in [0.2, 0.25) is 0 Å². The first-order chi connectivity index (χ1) is 17.5. The summed E-state index contributed by atoms with van der Waals surface area (Å²) in [5.74, 6) is 0.758. The molecule has 2 atom stereocenters. The SMILES string of the molecule is CC(C)N1C(O)c2cnc(Nc3ccc4c(c3)CCC(N(C)C)C4)cc2N1c1ccnc(C(C)(C)C)c1. The molecule has 2 N–H and O–H groups in total. The van der Waals surface area contributed by atoms with Crippen molar-refractivity contribution in [1.82, 2.24) is 19.9 Å². The van der Waals surface area contributed by atoms with Crippen LogP contribution in [-0.2, 0) is 18.3 Å². The molecule has 2 aromatic heterocycles. The average Bonchev–Trinajstić information content (AvgIpc) is 3.15. The molecule has 1 aromatic carbocycles. The molecule has 0 saturated carbocycles. The molecule has 0 saturated heterocycles. The third kappa shape index (κ3) is 4.96. The molecule has 5 rings (SSSR count). The number of aliphatic hydroxyl groups is 1. The number of hydrazine groups is 1. The van der Waals surface area contributed by atoms with Gasteiger partial charge < -0.3 is 15.3 Å². The van der Waals surface area contributed by atoms with Crippen LogP contribution in [0.5, 0.6) is 0 Å². The fourth-order valence-corrected chi connectivity index (χ4v) is 5.43. The van der Waals surface area contributed by atoms with E-state index < -0.39 is 6.23 Å². The van der Waals surface area contributed by atoms with Gasteiger partial charge in [0.05, 0.1) is 11.4 Å². The quantitative estimate of drug-likeness (QED) is 0.465. The van der Waals surface area contributed by atoms with Crippen LogP contribution in [0.3, 0.4) is 0 Å². The number of likely N-dealkylation sites (N-methyl/N-ethyl adjacent to an activating group) is 1. The monoisotopic (exact) mass is 500 g/mol. The lowest BCUT2D eigenvalue weighted by Crippen LogP contribution is -2.41. The van der Waals surface area contributed by atoms with Gasteiger partial charge in [-0.25, -0.2) is 4.98 Å². The van der Waals surface area contributed by atoms with Crippen molar-refractivity contribution in [1.29, 1.82) is 0 Å². The number of hydrogen-bond acceptors (Lipinski definition) is 7. The van der Waals surface area contributed by atoms with E-state index in [9.17, 15) is 5.11 Å². The first kappa shape index (κ1) is 25.6. The number of fused-ring (bicyclic) bond motifs is 2. The molecule has 1 aliphatic heterocycles. The zero-order valence-corrected chi connectivity index (χ0v) is 23.2. The number of aromatic nitrogens is 2. The molecular weight excluding hydrogens is 460 g/mol. The lowest BCUT2D eigenvalue weighted by molar-refractivity contribution is -0.00411. The van der Waals surface area contributed by atoms with Crippen molar-refractivity contribution in [2.24, 2.45) is 0 Å². The van der Waals surface area contributed by atoms with Crippen LogP contribution in [0.4, 0.5) is 22.9 Å². The summed E-state index contributed by atoms with van der Waals surface area (Å²) in [4.78, 5) is 11.6. The standard InChI is InChI=1S/C30H40N6O/c1-19(2)35-29(37)25-18-32-28(17-26(25)36(35)24-12-13-31-27(16-24)30(3,4)5)33-22-10-8-21-15-23(34(6)7)11-9-20(21)14-22/h8,10,12-14,16-19,23,29,37H,9,11,15H2,1-7H3,(H,32,33). The van der Waals surface area contributed by atoms with E-state index in [0.717, 1.165) is 47.0 Å². The molecule has 3 heterocycles. The van der Waals surface area contributed by atoms with Crippen LogP contribution in [0.25, 0.3) is 0 Å². The van der Waals surface area contributed by atoms with Crippen LogP contribution in [0.1, 0.15) is 69.7 Å². The number of rotatable bonds is 5. The summed E-state index contributed by atoms with van der Waals surface area (Å²) in [5.41, 5.74) is 7.53. The fourth-order valence-electron chi connectivity index (χ4n) is 5.43. The van der Waals surface area contributed by atoms with E-state index >= 15 is 0 Å². The van der Waals surface area contributed by atoms with Gasteiger partial charge in [-0.15, -0.1) is 0 Å². The van der Waals surface area contributed by atoms with Crippen molar-refractivity contribution in [3.8, 4) is 0 Å². The second-order valence-corrected chi connectivity index (χ2v) is 11.9. The van der Waals surface area contributed by atoms with Gasteiger partial charge in [-0.05, 0) is 82.6 Å². The smallest absolute Gasteiger partial charge is 0.154 e. The predicted molar refractivity (Wildman–Crippen MR) is 150 cm³/mol. The molecule has 0 radical (unpaired) electrons. The summed E-state index contributed by atoms with van der Waals surface area (Å²) in [6.45, 7) is 10.7. The highest BCUT2D eigenvalue weighted by Crippen LogP contribution is 2.45. The van der Waals surface area contributed by atoms with Crippen molar-refractivity contribution < 1.29 is 5.11 Å². The van der Waals surface area contributed by atoms with Gasteiger partial charge in [0.15, 0.2) is 6.23 Å². The van der Waals surface area contributed by atoms with Gasteiger partial charge in [-0.2, -0.15) is 5.01 Å². The molecule has 2 aliphatic rings. The van der Waals surface area contributed by atoms with Crippen molar-refractivity contribution in [3.63, 3.8) is 0 Å². The Morgan fingerprint density at radius 1 is 1.05 bits per heavy atom. The second kappa shape index (κ2) is 9.71. The largest absolute Gasteiger partial charge is 0.372 e. The zero-order chi connectivity index (χ0) is 26.5. The average molecular weight is 501 g/mol. The lowest BCUT2D eigenvalue weighted by atomic mass is 9.87. The lowest BCUT2D eigenvalue weighted by Gasteiger charge is -2.35. The summed E-state index contributed by atoms with van der Waals surface area (Å²) in [7, 11) is 4.34.